The lowest BCUT2D eigenvalue weighted by Gasteiger charge is -2.07. The maximum atomic E-state index is 12.5. The van der Waals surface area contributed by atoms with Gasteiger partial charge in [0.2, 0.25) is 5.89 Å². The maximum Gasteiger partial charge on any atom is 0.416 e. The summed E-state index contributed by atoms with van der Waals surface area (Å²) in [6.45, 7) is 0. The van der Waals surface area contributed by atoms with Crippen LogP contribution in [0, 0.1) is 0 Å². The fourth-order valence-electron chi connectivity index (χ4n) is 2.11. The molecule has 0 fully saturated rings. The molecule has 128 valence electrons. The molecular formula is C17H12F3N3O2. The second-order valence-electron chi connectivity index (χ2n) is 5.19. The molecule has 0 aliphatic carbocycles. The molecule has 0 spiro atoms. The van der Waals surface area contributed by atoms with Gasteiger partial charge < -0.3 is 9.73 Å². The number of carbonyl (C=O) groups excluding carboxylic acids is 1. The van der Waals surface area contributed by atoms with E-state index in [4.69, 9.17) is 4.42 Å². The molecule has 3 rings (SSSR count). The van der Waals surface area contributed by atoms with Gasteiger partial charge in [-0.25, -0.2) is 0 Å². The molecular weight excluding hydrogens is 335 g/mol. The quantitative estimate of drug-likeness (QED) is 0.776. The van der Waals surface area contributed by atoms with Crippen LogP contribution in [0.1, 0.15) is 27.7 Å². The Morgan fingerprint density at radius 3 is 2.32 bits per heavy atom. The van der Waals surface area contributed by atoms with Crippen molar-refractivity contribution in [1.29, 1.82) is 0 Å². The highest BCUT2D eigenvalue weighted by Crippen LogP contribution is 2.29. The van der Waals surface area contributed by atoms with E-state index in [1.165, 1.54) is 0 Å². The van der Waals surface area contributed by atoms with Gasteiger partial charge in [0, 0.05) is 5.69 Å². The number of carbonyl (C=O) groups is 1. The summed E-state index contributed by atoms with van der Waals surface area (Å²) >= 11 is 0. The van der Waals surface area contributed by atoms with E-state index in [9.17, 15) is 18.0 Å². The van der Waals surface area contributed by atoms with Crippen molar-refractivity contribution in [2.75, 3.05) is 5.32 Å². The lowest BCUT2D eigenvalue weighted by Crippen LogP contribution is -2.12. The highest BCUT2D eigenvalue weighted by Gasteiger charge is 2.30. The molecule has 3 aromatic rings. The van der Waals surface area contributed by atoms with Crippen LogP contribution >= 0.6 is 0 Å². The molecule has 1 heterocycles. The zero-order chi connectivity index (χ0) is 17.9. The van der Waals surface area contributed by atoms with Gasteiger partial charge in [0.25, 0.3) is 0 Å². The average molecular weight is 347 g/mol. The summed E-state index contributed by atoms with van der Waals surface area (Å²) in [5.41, 5.74) is 0.343. The number of hydrogen-bond acceptors (Lipinski definition) is 4. The van der Waals surface area contributed by atoms with E-state index in [1.807, 2.05) is 30.3 Å². The molecule has 25 heavy (non-hydrogen) atoms. The van der Waals surface area contributed by atoms with Crippen molar-refractivity contribution in [3.8, 4) is 0 Å². The molecule has 0 saturated heterocycles. The zero-order valence-electron chi connectivity index (χ0n) is 12.7. The molecule has 5 nitrogen and oxygen atoms in total. The van der Waals surface area contributed by atoms with Gasteiger partial charge in [-0.15, -0.1) is 10.2 Å². The zero-order valence-corrected chi connectivity index (χ0v) is 12.7. The second kappa shape index (κ2) is 6.76. The van der Waals surface area contributed by atoms with E-state index in [0.717, 1.165) is 29.8 Å². The Labute approximate surface area is 140 Å². The summed E-state index contributed by atoms with van der Waals surface area (Å²) in [5.74, 6) is -0.679. The third kappa shape index (κ3) is 4.23. The number of aromatic nitrogens is 2. The Hall–Kier alpha value is -3.16. The largest absolute Gasteiger partial charge is 0.417 e. The number of halogens is 3. The van der Waals surface area contributed by atoms with Crippen LogP contribution in [0.4, 0.5) is 18.9 Å². The van der Waals surface area contributed by atoms with E-state index < -0.39 is 17.6 Å². The van der Waals surface area contributed by atoms with Gasteiger partial charge in [0.05, 0.1) is 12.0 Å². The van der Waals surface area contributed by atoms with E-state index in [2.05, 4.69) is 15.5 Å². The van der Waals surface area contributed by atoms with Crippen LogP contribution in [-0.4, -0.2) is 16.1 Å². The summed E-state index contributed by atoms with van der Waals surface area (Å²) in [7, 11) is 0. The number of amides is 1. The van der Waals surface area contributed by atoms with Crippen LogP contribution in [-0.2, 0) is 12.6 Å². The molecule has 0 unspecified atom stereocenters. The fourth-order valence-corrected chi connectivity index (χ4v) is 2.11. The predicted molar refractivity (Wildman–Crippen MR) is 82.9 cm³/mol. The van der Waals surface area contributed by atoms with E-state index in [1.54, 1.807) is 0 Å². The lowest BCUT2D eigenvalue weighted by molar-refractivity contribution is -0.137. The van der Waals surface area contributed by atoms with Gasteiger partial charge in [-0.1, -0.05) is 30.3 Å². The Morgan fingerprint density at radius 1 is 1.00 bits per heavy atom. The summed E-state index contributed by atoms with van der Waals surface area (Å²) in [4.78, 5) is 12.0. The molecule has 1 N–H and O–H groups in total. The van der Waals surface area contributed by atoms with Crippen LogP contribution in [0.5, 0.6) is 0 Å². The molecule has 0 aliphatic heterocycles. The molecule has 0 atom stereocenters. The van der Waals surface area contributed by atoms with Crippen molar-refractivity contribution in [2.24, 2.45) is 0 Å². The minimum Gasteiger partial charge on any atom is -0.417 e. The third-order valence-electron chi connectivity index (χ3n) is 3.33. The summed E-state index contributed by atoms with van der Waals surface area (Å²) in [6, 6.07) is 13.4. The SMILES string of the molecule is O=C(Nc1ccc(C(F)(F)F)cc1)c1nnc(Cc2ccccc2)o1. The Balaban J connectivity index is 1.66. The summed E-state index contributed by atoms with van der Waals surface area (Å²) < 4.78 is 42.8. The Bertz CT molecular complexity index is 859. The average Bonchev–Trinajstić information content (AvgIpc) is 3.04. The predicted octanol–water partition coefficient (Wildman–Crippen LogP) is 3.93. The smallest absolute Gasteiger partial charge is 0.416 e. The molecule has 2 aromatic carbocycles. The topological polar surface area (TPSA) is 68.0 Å². The van der Waals surface area contributed by atoms with Crippen molar-refractivity contribution in [3.05, 3.63) is 77.5 Å². The lowest BCUT2D eigenvalue weighted by atomic mass is 10.2. The number of nitrogens with one attached hydrogen (secondary N) is 1. The first-order chi connectivity index (χ1) is 11.9. The third-order valence-corrected chi connectivity index (χ3v) is 3.33. The second-order valence-corrected chi connectivity index (χ2v) is 5.19. The monoisotopic (exact) mass is 347 g/mol. The number of nitrogens with zero attached hydrogens (tertiary/aromatic N) is 2. The normalized spacial score (nSPS) is 11.3. The van der Waals surface area contributed by atoms with Gasteiger partial charge in [-0.05, 0) is 29.8 Å². The number of benzene rings is 2. The van der Waals surface area contributed by atoms with Crippen molar-refractivity contribution < 1.29 is 22.4 Å². The highest BCUT2D eigenvalue weighted by molar-refractivity contribution is 6.00. The molecule has 8 heteroatoms. The number of hydrogen-bond donors (Lipinski definition) is 1. The van der Waals surface area contributed by atoms with E-state index in [-0.39, 0.29) is 17.5 Å². The molecule has 0 aliphatic rings. The molecule has 1 aromatic heterocycles. The Kier molecular flexibility index (Phi) is 4.51. The Morgan fingerprint density at radius 2 is 1.68 bits per heavy atom. The van der Waals surface area contributed by atoms with Crippen LogP contribution in [0.2, 0.25) is 0 Å². The van der Waals surface area contributed by atoms with Crippen molar-refractivity contribution in [2.45, 2.75) is 12.6 Å². The number of alkyl halides is 3. The maximum absolute atomic E-state index is 12.5. The van der Waals surface area contributed by atoms with Gasteiger partial charge in [0.15, 0.2) is 0 Å². The summed E-state index contributed by atoms with van der Waals surface area (Å²) in [6.07, 6.45) is -4.05. The van der Waals surface area contributed by atoms with E-state index >= 15 is 0 Å². The number of rotatable bonds is 4. The minimum absolute atomic E-state index is 0.195. The van der Waals surface area contributed by atoms with Crippen LogP contribution < -0.4 is 5.32 Å². The standard InChI is InChI=1S/C17H12F3N3O2/c18-17(19,20)12-6-8-13(9-7-12)21-15(24)16-23-22-14(25-16)10-11-4-2-1-3-5-11/h1-9H,10H2,(H,21,24). The molecule has 1 amide bonds. The van der Waals surface area contributed by atoms with Crippen LogP contribution in [0.15, 0.2) is 59.0 Å². The molecule has 0 saturated carbocycles. The van der Waals surface area contributed by atoms with Gasteiger partial charge in [0.1, 0.15) is 0 Å². The first-order valence-electron chi connectivity index (χ1n) is 7.27. The summed E-state index contributed by atoms with van der Waals surface area (Å²) in [5, 5.41) is 9.86. The first kappa shape index (κ1) is 16.7. The fraction of sp³-hybridized carbons (Fsp3) is 0.118. The van der Waals surface area contributed by atoms with Crippen LogP contribution in [0.3, 0.4) is 0 Å². The van der Waals surface area contributed by atoms with Gasteiger partial charge >= 0.3 is 18.0 Å². The van der Waals surface area contributed by atoms with Gasteiger partial charge in [-0.3, -0.25) is 4.79 Å². The molecule has 0 radical (unpaired) electrons. The minimum atomic E-state index is -4.43. The van der Waals surface area contributed by atoms with Crippen molar-refractivity contribution in [1.82, 2.24) is 10.2 Å². The van der Waals surface area contributed by atoms with Crippen LogP contribution in [0.25, 0.3) is 0 Å². The number of anilines is 1. The first-order valence-corrected chi connectivity index (χ1v) is 7.27. The highest BCUT2D eigenvalue weighted by atomic mass is 19.4. The van der Waals surface area contributed by atoms with Crippen molar-refractivity contribution >= 4 is 11.6 Å². The van der Waals surface area contributed by atoms with E-state index in [0.29, 0.717) is 6.42 Å². The molecule has 0 bridgehead atoms. The van der Waals surface area contributed by atoms with Crippen molar-refractivity contribution in [3.63, 3.8) is 0 Å². The van der Waals surface area contributed by atoms with Gasteiger partial charge in [-0.2, -0.15) is 13.2 Å².